The van der Waals surface area contributed by atoms with Crippen LogP contribution in [-0.2, 0) is 6.54 Å². The largest absolute Gasteiger partial charge is 0.380 e. The summed E-state index contributed by atoms with van der Waals surface area (Å²) < 4.78 is 0.917. The van der Waals surface area contributed by atoms with E-state index in [0.717, 1.165) is 27.1 Å². The summed E-state index contributed by atoms with van der Waals surface area (Å²) in [5.41, 5.74) is 2.28. The SMILES string of the molecule is Clc1ccc(CNc2cccc3cnccc23)cc1Br. The molecule has 100 valence electrons. The van der Waals surface area contributed by atoms with Gasteiger partial charge in [0.25, 0.3) is 0 Å². The van der Waals surface area contributed by atoms with Gasteiger partial charge >= 0.3 is 0 Å². The molecule has 2 aromatic carbocycles. The molecule has 0 amide bonds. The highest BCUT2D eigenvalue weighted by Crippen LogP contribution is 2.25. The number of benzene rings is 2. The molecule has 1 aromatic heterocycles. The van der Waals surface area contributed by atoms with E-state index in [1.54, 1.807) is 0 Å². The number of fused-ring (bicyclic) bond motifs is 1. The minimum atomic E-state index is 0.727. The van der Waals surface area contributed by atoms with E-state index in [1.807, 2.05) is 42.7 Å². The van der Waals surface area contributed by atoms with Crippen molar-refractivity contribution in [1.29, 1.82) is 0 Å². The van der Waals surface area contributed by atoms with Crippen molar-refractivity contribution in [2.24, 2.45) is 0 Å². The van der Waals surface area contributed by atoms with Crippen molar-refractivity contribution in [2.45, 2.75) is 6.54 Å². The van der Waals surface area contributed by atoms with Crippen LogP contribution in [0, 0.1) is 0 Å². The molecule has 4 heteroatoms. The summed E-state index contributed by atoms with van der Waals surface area (Å²) >= 11 is 9.45. The van der Waals surface area contributed by atoms with Crippen LogP contribution in [0.5, 0.6) is 0 Å². The van der Waals surface area contributed by atoms with Gasteiger partial charge in [-0.15, -0.1) is 0 Å². The predicted octanol–water partition coefficient (Wildman–Crippen LogP) is 5.26. The zero-order valence-electron chi connectivity index (χ0n) is 10.6. The third-order valence-corrected chi connectivity index (χ3v) is 4.36. The maximum Gasteiger partial charge on any atom is 0.0548 e. The molecule has 0 aliphatic carbocycles. The van der Waals surface area contributed by atoms with Gasteiger partial charge < -0.3 is 5.32 Å². The third kappa shape index (κ3) is 2.79. The first kappa shape index (κ1) is 13.4. The van der Waals surface area contributed by atoms with Gasteiger partial charge in [0.05, 0.1) is 5.02 Å². The summed E-state index contributed by atoms with van der Waals surface area (Å²) in [7, 11) is 0. The molecule has 0 spiro atoms. The molecular formula is C16H12BrClN2. The molecule has 0 saturated carbocycles. The highest BCUT2D eigenvalue weighted by Gasteiger charge is 2.02. The highest BCUT2D eigenvalue weighted by molar-refractivity contribution is 9.10. The smallest absolute Gasteiger partial charge is 0.0548 e. The van der Waals surface area contributed by atoms with Crippen LogP contribution in [0.1, 0.15) is 5.56 Å². The molecule has 3 rings (SSSR count). The Labute approximate surface area is 130 Å². The Morgan fingerprint density at radius 3 is 2.90 bits per heavy atom. The normalized spacial score (nSPS) is 10.7. The third-order valence-electron chi connectivity index (χ3n) is 3.15. The van der Waals surface area contributed by atoms with Crippen molar-refractivity contribution in [3.8, 4) is 0 Å². The average molecular weight is 348 g/mol. The number of nitrogens with zero attached hydrogens (tertiary/aromatic N) is 1. The monoisotopic (exact) mass is 346 g/mol. The second-order valence-corrected chi connectivity index (χ2v) is 5.77. The molecule has 0 saturated heterocycles. The highest BCUT2D eigenvalue weighted by atomic mass is 79.9. The quantitative estimate of drug-likeness (QED) is 0.699. The van der Waals surface area contributed by atoms with Gasteiger partial charge in [-0.25, -0.2) is 0 Å². The van der Waals surface area contributed by atoms with Crippen molar-refractivity contribution < 1.29 is 0 Å². The molecule has 1 heterocycles. The molecule has 0 atom stereocenters. The Morgan fingerprint density at radius 2 is 2.05 bits per heavy atom. The molecule has 0 aliphatic rings. The lowest BCUT2D eigenvalue weighted by Crippen LogP contribution is -2.00. The Balaban J connectivity index is 1.85. The Hall–Kier alpha value is -1.58. The van der Waals surface area contributed by atoms with E-state index < -0.39 is 0 Å². The topological polar surface area (TPSA) is 24.9 Å². The zero-order chi connectivity index (χ0) is 13.9. The molecule has 0 radical (unpaired) electrons. The first-order valence-corrected chi connectivity index (χ1v) is 7.42. The fraction of sp³-hybridized carbons (Fsp3) is 0.0625. The van der Waals surface area contributed by atoms with Crippen molar-refractivity contribution in [3.63, 3.8) is 0 Å². The second-order valence-electron chi connectivity index (χ2n) is 4.50. The van der Waals surface area contributed by atoms with E-state index in [1.165, 1.54) is 10.9 Å². The minimum Gasteiger partial charge on any atom is -0.380 e. The van der Waals surface area contributed by atoms with Crippen LogP contribution >= 0.6 is 27.5 Å². The van der Waals surface area contributed by atoms with E-state index in [2.05, 4.69) is 38.4 Å². The van der Waals surface area contributed by atoms with Gasteiger partial charge in [-0.05, 0) is 45.8 Å². The van der Waals surface area contributed by atoms with Gasteiger partial charge in [-0.1, -0.05) is 29.8 Å². The molecule has 3 aromatic rings. The van der Waals surface area contributed by atoms with Gasteiger partial charge in [0.15, 0.2) is 0 Å². The lowest BCUT2D eigenvalue weighted by Gasteiger charge is -2.10. The Bertz CT molecular complexity index is 753. The molecule has 0 unspecified atom stereocenters. The van der Waals surface area contributed by atoms with Crippen LogP contribution in [-0.4, -0.2) is 4.98 Å². The summed E-state index contributed by atoms with van der Waals surface area (Å²) in [5.74, 6) is 0. The first-order chi connectivity index (χ1) is 9.74. The van der Waals surface area contributed by atoms with Gasteiger partial charge in [-0.2, -0.15) is 0 Å². The average Bonchev–Trinajstić information content (AvgIpc) is 2.48. The van der Waals surface area contributed by atoms with Gasteiger partial charge in [-0.3, -0.25) is 4.98 Å². The van der Waals surface area contributed by atoms with Crippen LogP contribution in [0.2, 0.25) is 5.02 Å². The number of anilines is 1. The molecule has 20 heavy (non-hydrogen) atoms. The second kappa shape index (κ2) is 5.81. The number of rotatable bonds is 3. The summed E-state index contributed by atoms with van der Waals surface area (Å²) in [6.07, 6.45) is 3.69. The predicted molar refractivity (Wildman–Crippen MR) is 88.2 cm³/mol. The number of pyridine rings is 1. The van der Waals surface area contributed by atoms with E-state index in [0.29, 0.717) is 0 Å². The van der Waals surface area contributed by atoms with Crippen molar-refractivity contribution in [1.82, 2.24) is 4.98 Å². The lowest BCUT2D eigenvalue weighted by molar-refractivity contribution is 1.15. The van der Waals surface area contributed by atoms with E-state index >= 15 is 0 Å². The fourth-order valence-electron chi connectivity index (χ4n) is 2.12. The Morgan fingerprint density at radius 1 is 1.15 bits per heavy atom. The maximum atomic E-state index is 6.00. The van der Waals surface area contributed by atoms with Gasteiger partial charge in [0, 0.05) is 39.9 Å². The standard InChI is InChI=1S/C16H12BrClN2/c17-14-8-11(4-5-15(14)18)9-20-16-3-1-2-12-10-19-7-6-13(12)16/h1-8,10,20H,9H2. The molecule has 0 aliphatic heterocycles. The summed E-state index contributed by atoms with van der Waals surface area (Å²) in [6, 6.07) is 14.1. The van der Waals surface area contributed by atoms with Crippen LogP contribution in [0.4, 0.5) is 5.69 Å². The number of nitrogens with one attached hydrogen (secondary N) is 1. The molecule has 0 bridgehead atoms. The molecule has 1 N–H and O–H groups in total. The molecule has 0 fully saturated rings. The van der Waals surface area contributed by atoms with Crippen LogP contribution in [0.15, 0.2) is 59.3 Å². The number of hydrogen-bond donors (Lipinski definition) is 1. The number of halogens is 2. The molecule has 2 nitrogen and oxygen atoms in total. The van der Waals surface area contributed by atoms with E-state index in [4.69, 9.17) is 11.6 Å². The summed E-state index contributed by atoms with van der Waals surface area (Å²) in [4.78, 5) is 4.14. The minimum absolute atomic E-state index is 0.727. The van der Waals surface area contributed by atoms with Crippen LogP contribution in [0.3, 0.4) is 0 Å². The lowest BCUT2D eigenvalue weighted by atomic mass is 10.1. The van der Waals surface area contributed by atoms with Crippen molar-refractivity contribution in [2.75, 3.05) is 5.32 Å². The molecular weight excluding hydrogens is 336 g/mol. The Kier molecular flexibility index (Phi) is 3.90. The number of aromatic nitrogens is 1. The van der Waals surface area contributed by atoms with Crippen molar-refractivity contribution >= 4 is 44.0 Å². The maximum absolute atomic E-state index is 6.00. The summed E-state index contributed by atoms with van der Waals surface area (Å²) in [6.45, 7) is 0.747. The van der Waals surface area contributed by atoms with Crippen LogP contribution in [0.25, 0.3) is 10.8 Å². The van der Waals surface area contributed by atoms with Gasteiger partial charge in [0.2, 0.25) is 0 Å². The van der Waals surface area contributed by atoms with E-state index in [9.17, 15) is 0 Å². The van der Waals surface area contributed by atoms with Gasteiger partial charge in [0.1, 0.15) is 0 Å². The first-order valence-electron chi connectivity index (χ1n) is 6.24. The van der Waals surface area contributed by atoms with Crippen LogP contribution < -0.4 is 5.32 Å². The zero-order valence-corrected chi connectivity index (χ0v) is 12.9. The van der Waals surface area contributed by atoms with E-state index in [-0.39, 0.29) is 0 Å². The fourth-order valence-corrected chi connectivity index (χ4v) is 2.67. The summed E-state index contributed by atoms with van der Waals surface area (Å²) in [5, 5.41) is 6.50. The van der Waals surface area contributed by atoms with Crippen molar-refractivity contribution in [3.05, 3.63) is 69.9 Å². The number of hydrogen-bond acceptors (Lipinski definition) is 2.